The minimum Gasteiger partial charge on any atom is -0.507 e. The van der Waals surface area contributed by atoms with E-state index in [1.54, 1.807) is 0 Å². The zero-order valence-corrected chi connectivity index (χ0v) is 12.5. The van der Waals surface area contributed by atoms with E-state index in [2.05, 4.69) is 24.5 Å². The first kappa shape index (κ1) is 16.8. The highest BCUT2D eigenvalue weighted by atomic mass is 16.4. The molecular formula is C15H22N2O4. The van der Waals surface area contributed by atoms with Crippen LogP contribution in [0.5, 0.6) is 5.75 Å². The molecule has 2 atom stereocenters. The van der Waals surface area contributed by atoms with Gasteiger partial charge in [-0.3, -0.25) is 0 Å². The molecule has 0 aromatic heterocycles. The number of carboxylic acids is 1. The summed E-state index contributed by atoms with van der Waals surface area (Å²) in [7, 11) is 0. The standard InChI is InChI=1S/C15H22N2O4/c1-4-9(2)7-10(3)16-15(21)17-11-5-6-12(14(19)20)13(18)8-11/h5-6,8-10,18H,4,7H2,1-3H3,(H,19,20)(H2,16,17,21). The van der Waals surface area contributed by atoms with E-state index in [0.717, 1.165) is 12.8 Å². The predicted molar refractivity (Wildman–Crippen MR) is 80.8 cm³/mol. The van der Waals surface area contributed by atoms with Crippen LogP contribution in [0.2, 0.25) is 0 Å². The molecule has 0 radical (unpaired) electrons. The van der Waals surface area contributed by atoms with Crippen molar-refractivity contribution < 1.29 is 19.8 Å². The number of amides is 2. The van der Waals surface area contributed by atoms with Crippen LogP contribution in [-0.4, -0.2) is 28.3 Å². The second-order valence-electron chi connectivity index (χ2n) is 5.29. The minimum atomic E-state index is -1.22. The molecule has 6 nitrogen and oxygen atoms in total. The summed E-state index contributed by atoms with van der Waals surface area (Å²) in [6, 6.07) is 3.54. The van der Waals surface area contributed by atoms with E-state index >= 15 is 0 Å². The van der Waals surface area contributed by atoms with Crippen molar-refractivity contribution >= 4 is 17.7 Å². The van der Waals surface area contributed by atoms with Crippen LogP contribution in [-0.2, 0) is 0 Å². The zero-order valence-electron chi connectivity index (χ0n) is 12.5. The van der Waals surface area contributed by atoms with Crippen molar-refractivity contribution in [2.45, 2.75) is 39.7 Å². The van der Waals surface area contributed by atoms with Gasteiger partial charge in [0.15, 0.2) is 0 Å². The zero-order chi connectivity index (χ0) is 16.0. The van der Waals surface area contributed by atoms with E-state index in [-0.39, 0.29) is 23.4 Å². The molecule has 0 fully saturated rings. The highest BCUT2D eigenvalue weighted by Crippen LogP contribution is 2.21. The van der Waals surface area contributed by atoms with Gasteiger partial charge < -0.3 is 20.8 Å². The molecule has 4 N–H and O–H groups in total. The van der Waals surface area contributed by atoms with E-state index in [1.807, 2.05) is 6.92 Å². The van der Waals surface area contributed by atoms with Gasteiger partial charge in [0.05, 0.1) is 0 Å². The first-order chi connectivity index (χ1) is 9.83. The highest BCUT2D eigenvalue weighted by molar-refractivity contribution is 5.94. The first-order valence-corrected chi connectivity index (χ1v) is 6.97. The number of nitrogens with one attached hydrogen (secondary N) is 2. The molecule has 0 aliphatic carbocycles. The smallest absolute Gasteiger partial charge is 0.339 e. The summed E-state index contributed by atoms with van der Waals surface area (Å²) in [5, 5.41) is 23.7. The Kier molecular flexibility index (Phi) is 6.02. The molecule has 21 heavy (non-hydrogen) atoms. The molecule has 0 aliphatic heterocycles. The molecule has 1 rings (SSSR count). The van der Waals surface area contributed by atoms with Gasteiger partial charge in [-0.1, -0.05) is 20.3 Å². The molecule has 2 unspecified atom stereocenters. The van der Waals surface area contributed by atoms with Crippen molar-refractivity contribution in [3.8, 4) is 5.75 Å². The number of aromatic hydroxyl groups is 1. The van der Waals surface area contributed by atoms with E-state index < -0.39 is 5.97 Å². The Balaban J connectivity index is 2.59. The first-order valence-electron chi connectivity index (χ1n) is 6.97. The molecule has 116 valence electrons. The van der Waals surface area contributed by atoms with Crippen molar-refractivity contribution in [1.29, 1.82) is 0 Å². The molecular weight excluding hydrogens is 272 g/mol. The summed E-state index contributed by atoms with van der Waals surface area (Å²) in [5.74, 6) is -1.07. The minimum absolute atomic E-state index is 0.0341. The summed E-state index contributed by atoms with van der Waals surface area (Å²) in [6.45, 7) is 6.15. The van der Waals surface area contributed by atoms with E-state index in [0.29, 0.717) is 11.6 Å². The molecule has 1 aromatic carbocycles. The number of carbonyl (C=O) groups is 2. The van der Waals surface area contributed by atoms with Gasteiger partial charge in [0.1, 0.15) is 11.3 Å². The number of carboxylic acid groups (broad SMARTS) is 1. The van der Waals surface area contributed by atoms with Crippen LogP contribution in [0.15, 0.2) is 18.2 Å². The monoisotopic (exact) mass is 294 g/mol. The fourth-order valence-corrected chi connectivity index (χ4v) is 2.01. The molecule has 6 heteroatoms. The Labute approximate surface area is 124 Å². The lowest BCUT2D eigenvalue weighted by Gasteiger charge is -2.18. The SMILES string of the molecule is CCC(C)CC(C)NC(=O)Nc1ccc(C(=O)O)c(O)c1. The van der Waals surface area contributed by atoms with Gasteiger partial charge in [0.25, 0.3) is 0 Å². The Bertz CT molecular complexity index is 516. The summed E-state index contributed by atoms with van der Waals surface area (Å²) < 4.78 is 0. The molecule has 2 amide bonds. The van der Waals surface area contributed by atoms with Crippen molar-refractivity contribution in [1.82, 2.24) is 5.32 Å². The highest BCUT2D eigenvalue weighted by Gasteiger charge is 2.13. The number of aromatic carboxylic acids is 1. The maximum Gasteiger partial charge on any atom is 0.339 e. The lowest BCUT2D eigenvalue weighted by molar-refractivity contribution is 0.0694. The van der Waals surface area contributed by atoms with E-state index in [4.69, 9.17) is 5.11 Å². The van der Waals surface area contributed by atoms with Crippen LogP contribution in [0.25, 0.3) is 0 Å². The largest absolute Gasteiger partial charge is 0.507 e. The predicted octanol–water partition coefficient (Wildman–Crippen LogP) is 3.04. The summed E-state index contributed by atoms with van der Waals surface area (Å²) in [5.41, 5.74) is 0.136. The molecule has 0 saturated heterocycles. The lowest BCUT2D eigenvalue weighted by atomic mass is 10.0. The van der Waals surface area contributed by atoms with Crippen LogP contribution in [0.3, 0.4) is 0 Å². The average Bonchev–Trinajstić information content (AvgIpc) is 2.37. The van der Waals surface area contributed by atoms with Gasteiger partial charge >= 0.3 is 12.0 Å². The van der Waals surface area contributed by atoms with Crippen LogP contribution >= 0.6 is 0 Å². The molecule has 0 aliphatic rings. The number of rotatable bonds is 6. The second kappa shape index (κ2) is 7.52. The van der Waals surface area contributed by atoms with E-state index in [9.17, 15) is 14.7 Å². The maximum atomic E-state index is 11.8. The summed E-state index contributed by atoms with van der Waals surface area (Å²) >= 11 is 0. The van der Waals surface area contributed by atoms with Gasteiger partial charge in [-0.05, 0) is 31.4 Å². The van der Waals surface area contributed by atoms with Gasteiger partial charge in [0.2, 0.25) is 0 Å². The average molecular weight is 294 g/mol. The lowest BCUT2D eigenvalue weighted by Crippen LogP contribution is -2.37. The van der Waals surface area contributed by atoms with Crippen molar-refractivity contribution in [3.63, 3.8) is 0 Å². The number of phenols is 1. The third-order valence-electron chi connectivity index (χ3n) is 3.32. The summed E-state index contributed by atoms with van der Waals surface area (Å²) in [6.07, 6.45) is 1.94. The van der Waals surface area contributed by atoms with Crippen molar-refractivity contribution in [2.75, 3.05) is 5.32 Å². The molecule has 0 heterocycles. The fourth-order valence-electron chi connectivity index (χ4n) is 2.01. The Morgan fingerprint density at radius 2 is 1.95 bits per heavy atom. The fraction of sp³-hybridized carbons (Fsp3) is 0.467. The Morgan fingerprint density at radius 3 is 2.48 bits per heavy atom. The van der Waals surface area contributed by atoms with Gasteiger partial charge in [-0.25, -0.2) is 9.59 Å². The Hall–Kier alpha value is -2.24. The summed E-state index contributed by atoms with van der Waals surface area (Å²) in [4.78, 5) is 22.6. The van der Waals surface area contributed by atoms with Crippen LogP contribution < -0.4 is 10.6 Å². The second-order valence-corrected chi connectivity index (χ2v) is 5.29. The number of carbonyl (C=O) groups excluding carboxylic acids is 1. The van der Waals surface area contributed by atoms with Gasteiger partial charge in [0, 0.05) is 17.8 Å². The molecule has 0 saturated carbocycles. The van der Waals surface area contributed by atoms with Crippen LogP contribution in [0.4, 0.5) is 10.5 Å². The number of anilines is 1. The normalized spacial score (nSPS) is 13.3. The van der Waals surface area contributed by atoms with E-state index in [1.165, 1.54) is 18.2 Å². The maximum absolute atomic E-state index is 11.8. The molecule has 0 bridgehead atoms. The molecule has 1 aromatic rings. The van der Waals surface area contributed by atoms with Crippen LogP contribution in [0, 0.1) is 5.92 Å². The number of hydrogen-bond donors (Lipinski definition) is 4. The molecule has 0 spiro atoms. The van der Waals surface area contributed by atoms with Crippen LogP contribution in [0.1, 0.15) is 44.0 Å². The van der Waals surface area contributed by atoms with Gasteiger partial charge in [-0.15, -0.1) is 0 Å². The third-order valence-corrected chi connectivity index (χ3v) is 3.32. The third kappa shape index (κ3) is 5.33. The van der Waals surface area contributed by atoms with Crippen molar-refractivity contribution in [2.24, 2.45) is 5.92 Å². The van der Waals surface area contributed by atoms with Crippen molar-refractivity contribution in [3.05, 3.63) is 23.8 Å². The quantitative estimate of drug-likeness (QED) is 0.648. The number of benzene rings is 1. The number of urea groups is 1. The topological polar surface area (TPSA) is 98.7 Å². The Morgan fingerprint density at radius 1 is 1.29 bits per heavy atom. The number of hydrogen-bond acceptors (Lipinski definition) is 3. The van der Waals surface area contributed by atoms with Gasteiger partial charge in [-0.2, -0.15) is 0 Å².